The van der Waals surface area contributed by atoms with Gasteiger partial charge < -0.3 is 12.0 Å². The van der Waals surface area contributed by atoms with E-state index in [9.17, 15) is 0 Å². The summed E-state index contributed by atoms with van der Waals surface area (Å²) in [6, 6.07) is 0. The van der Waals surface area contributed by atoms with Gasteiger partial charge >= 0.3 is 32.7 Å². The van der Waals surface area contributed by atoms with Crippen molar-refractivity contribution in [3.63, 3.8) is 0 Å². The molecule has 0 aromatic heterocycles. The Morgan fingerprint density at radius 3 is 1.75 bits per heavy atom. The van der Waals surface area contributed by atoms with E-state index in [1.165, 1.54) is 0 Å². The van der Waals surface area contributed by atoms with E-state index in [1.807, 2.05) is 0 Å². The molecule has 0 aliphatic carbocycles. The van der Waals surface area contributed by atoms with Crippen molar-refractivity contribution in [2.75, 3.05) is 6.61 Å². The smallest absolute Gasteiger partial charge is 0.428 e. The summed E-state index contributed by atoms with van der Waals surface area (Å²) in [5.41, 5.74) is 0. The summed E-state index contributed by atoms with van der Waals surface area (Å²) in [4.78, 5) is 0. The molecule has 4 heavy (non-hydrogen) atoms. The zero-order valence-corrected chi connectivity index (χ0v) is 5.28. The monoisotopic (exact) mass is 134 g/mol. The van der Waals surface area contributed by atoms with Crippen molar-refractivity contribution in [3.05, 3.63) is 6.92 Å². The molecule has 0 spiro atoms. The zero-order valence-electron chi connectivity index (χ0n) is 2.44. The van der Waals surface area contributed by atoms with E-state index in [0.717, 1.165) is 0 Å². The Morgan fingerprint density at radius 2 is 1.75 bits per heavy atom. The summed E-state index contributed by atoms with van der Waals surface area (Å²) in [5.74, 6) is 0. The third-order valence-electron chi connectivity index (χ3n) is 0. The largest absolute Gasteiger partial charge is 3.00 e. The van der Waals surface area contributed by atoms with Gasteiger partial charge in [-0.1, -0.05) is 6.61 Å². The first kappa shape index (κ1) is 8.91. The fourth-order valence-electron chi connectivity index (χ4n) is 0. The minimum absolute atomic E-state index is 0. The molecular weight excluding hydrogens is 129 g/mol. The summed E-state index contributed by atoms with van der Waals surface area (Å²) in [6.45, 7) is 3.04. The Bertz CT molecular complexity index is 6.00. The molecule has 2 heteroatoms. The third kappa shape index (κ3) is 11.5. The maximum absolute atomic E-state index is 7.46. The van der Waals surface area contributed by atoms with E-state index in [0.29, 0.717) is 0 Å². The second-order valence-electron chi connectivity index (χ2n) is 0.224. The average Bonchev–Trinajstić information content (AvgIpc) is 0.918. The minimum Gasteiger partial charge on any atom is -0.428 e. The number of rotatable bonds is 0. The van der Waals surface area contributed by atoms with Crippen LogP contribution in [0.25, 0.3) is 0 Å². The van der Waals surface area contributed by atoms with E-state index >= 15 is 0 Å². The molecule has 0 aliphatic rings. The van der Waals surface area contributed by atoms with Gasteiger partial charge in [-0.05, 0) is 0 Å². The molecule has 20 valence electrons. The van der Waals surface area contributed by atoms with Gasteiger partial charge in [-0.2, -0.15) is 0 Å². The van der Waals surface area contributed by atoms with Crippen molar-refractivity contribution >= 4 is 0 Å². The zero-order chi connectivity index (χ0) is 2.71. The second-order valence-corrected chi connectivity index (χ2v) is 0.224. The van der Waals surface area contributed by atoms with Crippen LogP contribution in [0.2, 0.25) is 0 Å². The first-order valence-corrected chi connectivity index (χ1v) is 0.816. The first-order chi connectivity index (χ1) is 1.41. The van der Waals surface area contributed by atoms with Crippen LogP contribution in [0.5, 0.6) is 0 Å². The van der Waals surface area contributed by atoms with Crippen LogP contribution in [-0.2, 0) is 32.7 Å². The van der Waals surface area contributed by atoms with Crippen LogP contribution in [0.3, 0.4) is 0 Å². The van der Waals surface area contributed by atoms with Crippen molar-refractivity contribution in [2.24, 2.45) is 0 Å². The second kappa shape index (κ2) is 8.96. The van der Waals surface area contributed by atoms with Crippen LogP contribution in [0.1, 0.15) is 0 Å². The molecule has 0 saturated carbocycles. The molecule has 0 aromatic carbocycles. The van der Waals surface area contributed by atoms with Gasteiger partial charge in [0.15, 0.2) is 0 Å². The molecule has 0 amide bonds. The average molecular weight is 134 g/mol. The molecular formula is C2H5OY+2. The molecule has 0 saturated heterocycles. The Hall–Kier alpha value is 1.06. The van der Waals surface area contributed by atoms with Gasteiger partial charge in [-0.15, -0.1) is 0 Å². The maximum Gasteiger partial charge on any atom is 3.00 e. The third-order valence-corrected chi connectivity index (χ3v) is 0. The first-order valence-electron chi connectivity index (χ1n) is 0.816. The van der Waals surface area contributed by atoms with Crippen LogP contribution < -0.4 is 0 Å². The van der Waals surface area contributed by atoms with Crippen LogP contribution in [0.4, 0.5) is 0 Å². The van der Waals surface area contributed by atoms with E-state index in [4.69, 9.17) is 5.11 Å². The van der Waals surface area contributed by atoms with Crippen molar-refractivity contribution in [3.8, 4) is 0 Å². The Kier molecular flexibility index (Phi) is 19.9. The van der Waals surface area contributed by atoms with Crippen LogP contribution in [0, 0.1) is 6.92 Å². The molecule has 0 rings (SSSR count). The summed E-state index contributed by atoms with van der Waals surface area (Å²) >= 11 is 0. The minimum atomic E-state index is 0. The van der Waals surface area contributed by atoms with E-state index in [-0.39, 0.29) is 39.3 Å². The van der Waals surface area contributed by atoms with Crippen LogP contribution >= 0.6 is 0 Å². The van der Waals surface area contributed by atoms with Crippen molar-refractivity contribution in [1.82, 2.24) is 0 Å². The van der Waals surface area contributed by atoms with Crippen LogP contribution in [-0.4, -0.2) is 11.7 Å². The molecule has 0 heterocycles. The quantitative estimate of drug-likeness (QED) is 0.455. The standard InChI is InChI=1S/C2H5O.Y/c1-2-3;/h3H,1-2H2;/q-1;+3. The van der Waals surface area contributed by atoms with E-state index < -0.39 is 0 Å². The SMILES string of the molecule is [CH2-]CO.[Y+3]. The molecule has 0 aliphatic heterocycles. The van der Waals surface area contributed by atoms with Crippen molar-refractivity contribution < 1.29 is 37.8 Å². The molecule has 0 aromatic rings. The molecule has 0 radical (unpaired) electrons. The Labute approximate surface area is 51.3 Å². The predicted octanol–water partition coefficient (Wildman–Crippen LogP) is -0.190. The summed E-state index contributed by atoms with van der Waals surface area (Å²) < 4.78 is 0. The summed E-state index contributed by atoms with van der Waals surface area (Å²) in [5, 5.41) is 7.46. The van der Waals surface area contributed by atoms with Gasteiger partial charge in [0.05, 0.1) is 0 Å². The normalized spacial score (nSPS) is 4.50. The van der Waals surface area contributed by atoms with Crippen molar-refractivity contribution in [2.45, 2.75) is 0 Å². The van der Waals surface area contributed by atoms with Gasteiger partial charge in [0.2, 0.25) is 0 Å². The summed E-state index contributed by atoms with van der Waals surface area (Å²) in [6.07, 6.45) is 0. The van der Waals surface area contributed by atoms with Gasteiger partial charge in [0.1, 0.15) is 0 Å². The molecule has 0 unspecified atom stereocenters. The van der Waals surface area contributed by atoms with Crippen molar-refractivity contribution in [1.29, 1.82) is 0 Å². The predicted molar refractivity (Wildman–Crippen MR) is 12.4 cm³/mol. The Morgan fingerprint density at radius 1 is 1.75 bits per heavy atom. The Balaban J connectivity index is 0. The number of hydrogen-bond donors (Lipinski definition) is 1. The van der Waals surface area contributed by atoms with Gasteiger partial charge in [0.25, 0.3) is 0 Å². The molecule has 0 fully saturated rings. The molecule has 0 atom stereocenters. The summed E-state index contributed by atoms with van der Waals surface area (Å²) in [7, 11) is 0. The van der Waals surface area contributed by atoms with E-state index in [2.05, 4.69) is 6.92 Å². The fourth-order valence-corrected chi connectivity index (χ4v) is 0. The number of hydrogen-bond acceptors (Lipinski definition) is 1. The number of aliphatic hydroxyl groups is 1. The fraction of sp³-hybridized carbons (Fsp3) is 0.500. The van der Waals surface area contributed by atoms with Gasteiger partial charge in [-0.25, -0.2) is 0 Å². The van der Waals surface area contributed by atoms with Gasteiger partial charge in [-0.3, -0.25) is 0 Å². The van der Waals surface area contributed by atoms with Crippen LogP contribution in [0.15, 0.2) is 0 Å². The topological polar surface area (TPSA) is 20.2 Å². The molecule has 1 nitrogen and oxygen atoms in total. The molecule has 0 bridgehead atoms. The number of aliphatic hydroxyl groups excluding tert-OH is 1. The van der Waals surface area contributed by atoms with Gasteiger partial charge in [0, 0.05) is 0 Å². The molecule has 1 N–H and O–H groups in total. The van der Waals surface area contributed by atoms with E-state index in [1.54, 1.807) is 0 Å². The maximum atomic E-state index is 7.46.